The van der Waals surface area contributed by atoms with Crippen molar-refractivity contribution in [2.75, 3.05) is 0 Å². The van der Waals surface area contributed by atoms with E-state index in [1.54, 1.807) is 11.3 Å². The summed E-state index contributed by atoms with van der Waals surface area (Å²) in [5.74, 6) is 0.518. The molecule has 254 valence electrons. The molecule has 0 aliphatic heterocycles. The summed E-state index contributed by atoms with van der Waals surface area (Å²) >= 11 is 1.71. The van der Waals surface area contributed by atoms with Gasteiger partial charge < -0.3 is 8.98 Å². The fourth-order valence-electron chi connectivity index (χ4n) is 8.04. The first kappa shape index (κ1) is 31.0. The normalized spacial score (nSPS) is 11.6. The van der Waals surface area contributed by atoms with Crippen LogP contribution in [0.3, 0.4) is 0 Å². The lowest BCUT2D eigenvalue weighted by atomic mass is 9.98. The van der Waals surface area contributed by atoms with Crippen LogP contribution in [-0.4, -0.2) is 14.5 Å². The van der Waals surface area contributed by atoms with Gasteiger partial charge >= 0.3 is 0 Å². The lowest BCUT2D eigenvalue weighted by Gasteiger charge is -2.15. The quantitative estimate of drug-likeness (QED) is 0.181. The summed E-state index contributed by atoms with van der Waals surface area (Å²) in [5.41, 5.74) is 8.40. The molecule has 0 aliphatic rings. The SMILES string of the molecule is N#Cc1cc(-c2nc(-c3cccc4c3sc3ccccc34)nc(-c3ccccc3)c2C#N)ccc1-n1c2ccccc2c2cc3c(cc21)oc1ccccc13. The molecule has 4 heterocycles. The first-order chi connectivity index (χ1) is 27.2. The van der Waals surface area contributed by atoms with E-state index >= 15 is 0 Å². The van der Waals surface area contributed by atoms with Crippen molar-refractivity contribution < 1.29 is 4.42 Å². The van der Waals surface area contributed by atoms with Crippen LogP contribution in [0.15, 0.2) is 156 Å². The largest absolute Gasteiger partial charge is 0.456 e. The molecule has 0 saturated heterocycles. The minimum Gasteiger partial charge on any atom is -0.456 e. The van der Waals surface area contributed by atoms with Crippen LogP contribution < -0.4 is 0 Å². The van der Waals surface area contributed by atoms with Crippen LogP contribution in [0.1, 0.15) is 11.1 Å². The van der Waals surface area contributed by atoms with Crippen LogP contribution in [0, 0.1) is 22.7 Å². The second-order valence-electron chi connectivity index (χ2n) is 13.5. The van der Waals surface area contributed by atoms with Crippen molar-refractivity contribution >= 4 is 75.3 Å². The van der Waals surface area contributed by atoms with Crippen molar-refractivity contribution in [2.24, 2.45) is 0 Å². The van der Waals surface area contributed by atoms with Crippen molar-refractivity contribution in [1.29, 1.82) is 10.5 Å². The predicted octanol–water partition coefficient (Wildman–Crippen LogP) is 12.6. The van der Waals surface area contributed by atoms with Gasteiger partial charge in [0.1, 0.15) is 28.9 Å². The average molecular weight is 720 g/mol. The third kappa shape index (κ3) is 4.65. The molecular weight excluding hydrogens is 695 g/mol. The van der Waals surface area contributed by atoms with Crippen molar-refractivity contribution in [3.63, 3.8) is 0 Å². The Morgan fingerprint density at radius 2 is 1.25 bits per heavy atom. The van der Waals surface area contributed by atoms with Gasteiger partial charge in [-0.25, -0.2) is 9.97 Å². The Morgan fingerprint density at radius 3 is 2.09 bits per heavy atom. The maximum absolute atomic E-state index is 10.8. The number of hydrogen-bond donors (Lipinski definition) is 0. The molecule has 6 nitrogen and oxygen atoms in total. The maximum Gasteiger partial charge on any atom is 0.161 e. The lowest BCUT2D eigenvalue weighted by molar-refractivity contribution is 0.669. The molecule has 0 fully saturated rings. The van der Waals surface area contributed by atoms with Crippen LogP contribution in [0.25, 0.3) is 104 Å². The maximum atomic E-state index is 10.8. The van der Waals surface area contributed by atoms with Gasteiger partial charge in [-0.15, -0.1) is 11.3 Å². The molecule has 0 radical (unpaired) electrons. The highest BCUT2D eigenvalue weighted by atomic mass is 32.1. The molecule has 0 aliphatic carbocycles. The van der Waals surface area contributed by atoms with E-state index in [-0.39, 0.29) is 0 Å². The Bertz CT molecular complexity index is 3470. The fraction of sp³-hybridized carbons (Fsp3) is 0. The Morgan fingerprint density at radius 1 is 0.527 bits per heavy atom. The van der Waals surface area contributed by atoms with Crippen LogP contribution in [-0.2, 0) is 0 Å². The molecule has 55 heavy (non-hydrogen) atoms. The number of benzene rings is 7. The number of aromatic nitrogens is 3. The zero-order valence-electron chi connectivity index (χ0n) is 29.0. The molecule has 11 aromatic rings. The van der Waals surface area contributed by atoms with Gasteiger partial charge in [-0.3, -0.25) is 0 Å². The van der Waals surface area contributed by atoms with Gasteiger partial charge in [-0.05, 0) is 42.5 Å². The first-order valence-electron chi connectivity index (χ1n) is 17.9. The van der Waals surface area contributed by atoms with E-state index in [1.165, 1.54) is 10.1 Å². The zero-order chi connectivity index (χ0) is 36.6. The average Bonchev–Trinajstić information content (AvgIpc) is 3.91. The van der Waals surface area contributed by atoms with Crippen molar-refractivity contribution in [3.8, 4) is 51.7 Å². The highest BCUT2D eigenvalue weighted by Gasteiger charge is 2.23. The minimum absolute atomic E-state index is 0.347. The standard InChI is InChI=1S/C48H25N5OS/c49-26-30-23-29(21-22-39(30)53-40-18-7-4-13-31(40)36-24-37-32-14-5-8-19-42(32)54-43(37)25-41(36)53)46-38(27-50)45(28-11-2-1-3-12-28)51-48(52-46)35-17-10-16-34-33-15-6-9-20-44(33)55-47(34)35/h1-25H. The third-order valence-corrected chi connectivity index (χ3v) is 11.7. The van der Waals surface area contributed by atoms with Gasteiger partial charge in [0.25, 0.3) is 0 Å². The van der Waals surface area contributed by atoms with Crippen molar-refractivity contribution in [1.82, 2.24) is 14.5 Å². The first-order valence-corrected chi connectivity index (χ1v) is 18.7. The van der Waals surface area contributed by atoms with Crippen LogP contribution >= 0.6 is 11.3 Å². The van der Waals surface area contributed by atoms with Gasteiger partial charge in [0.2, 0.25) is 0 Å². The number of fused-ring (bicyclic) bond motifs is 9. The Balaban J connectivity index is 1.15. The summed E-state index contributed by atoms with van der Waals surface area (Å²) in [6, 6.07) is 55.6. The Labute approximate surface area is 318 Å². The van der Waals surface area contributed by atoms with Crippen LogP contribution in [0.4, 0.5) is 0 Å². The molecule has 7 heteroatoms. The monoisotopic (exact) mass is 719 g/mol. The minimum atomic E-state index is 0.347. The summed E-state index contributed by atoms with van der Waals surface area (Å²) in [4.78, 5) is 10.3. The van der Waals surface area contributed by atoms with Crippen LogP contribution in [0.2, 0.25) is 0 Å². The summed E-state index contributed by atoms with van der Waals surface area (Å²) in [6.45, 7) is 0. The van der Waals surface area contributed by atoms with E-state index in [2.05, 4.69) is 77.4 Å². The predicted molar refractivity (Wildman–Crippen MR) is 222 cm³/mol. The molecular formula is C48H25N5OS. The number of nitriles is 2. The van der Waals surface area contributed by atoms with Crippen LogP contribution in [0.5, 0.6) is 0 Å². The van der Waals surface area contributed by atoms with Gasteiger partial charge in [-0.1, -0.05) is 103 Å². The molecule has 4 aromatic heterocycles. The van der Waals surface area contributed by atoms with Gasteiger partial charge in [-0.2, -0.15) is 10.5 Å². The van der Waals surface area contributed by atoms with E-state index in [0.717, 1.165) is 70.6 Å². The van der Waals surface area contributed by atoms with E-state index < -0.39 is 0 Å². The van der Waals surface area contributed by atoms with Gasteiger partial charge in [0.15, 0.2) is 5.82 Å². The Kier molecular flexibility index (Phi) is 6.75. The van der Waals surface area contributed by atoms with Crippen molar-refractivity contribution in [3.05, 3.63) is 163 Å². The summed E-state index contributed by atoms with van der Waals surface area (Å²) in [7, 11) is 0. The van der Waals surface area contributed by atoms with E-state index in [9.17, 15) is 10.5 Å². The topological polar surface area (TPSA) is 91.4 Å². The fourth-order valence-corrected chi connectivity index (χ4v) is 9.25. The molecule has 0 spiro atoms. The molecule has 0 amide bonds. The van der Waals surface area contributed by atoms with E-state index in [1.807, 2.05) is 91.0 Å². The summed E-state index contributed by atoms with van der Waals surface area (Å²) < 4.78 is 10.7. The van der Waals surface area contributed by atoms with E-state index in [4.69, 9.17) is 14.4 Å². The number of nitrogens with zero attached hydrogens (tertiary/aromatic N) is 5. The molecule has 11 rings (SSSR count). The lowest BCUT2D eigenvalue weighted by Crippen LogP contribution is -2.02. The number of furan rings is 1. The van der Waals surface area contributed by atoms with Crippen molar-refractivity contribution in [2.45, 2.75) is 0 Å². The number of hydrogen-bond acceptors (Lipinski definition) is 6. The molecule has 7 aromatic carbocycles. The number of para-hydroxylation sites is 2. The smallest absolute Gasteiger partial charge is 0.161 e. The molecule has 0 saturated carbocycles. The molecule has 0 bridgehead atoms. The molecule has 0 N–H and O–H groups in total. The zero-order valence-corrected chi connectivity index (χ0v) is 29.8. The molecule has 0 unspecified atom stereocenters. The van der Waals surface area contributed by atoms with E-state index in [0.29, 0.717) is 33.9 Å². The summed E-state index contributed by atoms with van der Waals surface area (Å²) in [6.07, 6.45) is 0. The van der Waals surface area contributed by atoms with Gasteiger partial charge in [0.05, 0.1) is 33.7 Å². The molecule has 0 atom stereocenters. The highest BCUT2D eigenvalue weighted by Crippen LogP contribution is 2.42. The number of rotatable bonds is 4. The second kappa shape index (κ2) is 12.0. The Hall–Kier alpha value is -7.58. The summed E-state index contributed by atoms with van der Waals surface area (Å²) in [5, 5.41) is 28.1. The third-order valence-electron chi connectivity index (χ3n) is 10.5. The van der Waals surface area contributed by atoms with Gasteiger partial charge in [0, 0.05) is 64.5 Å². The second-order valence-corrected chi connectivity index (χ2v) is 14.6. The highest BCUT2D eigenvalue weighted by molar-refractivity contribution is 7.26. The number of thiophene rings is 1.